The van der Waals surface area contributed by atoms with Crippen LogP contribution in [0.3, 0.4) is 0 Å². The van der Waals surface area contributed by atoms with Crippen molar-refractivity contribution in [1.82, 2.24) is 0 Å². The van der Waals surface area contributed by atoms with Gasteiger partial charge in [-0.15, -0.1) is 0 Å². The molecule has 0 heterocycles. The molecule has 0 unspecified atom stereocenters. The Hall–Kier alpha value is -3.20. The van der Waals surface area contributed by atoms with Gasteiger partial charge in [0.15, 0.2) is 0 Å². The molecule has 3 aromatic carbocycles. The number of halogens is 1. The molecule has 0 saturated carbocycles. The Morgan fingerprint density at radius 2 is 1.50 bits per heavy atom. The average molecular weight is 317 g/mol. The van der Waals surface area contributed by atoms with Crippen LogP contribution in [-0.4, -0.2) is 5.91 Å². The summed E-state index contributed by atoms with van der Waals surface area (Å²) in [6.45, 7) is 0. The van der Waals surface area contributed by atoms with Crippen molar-refractivity contribution in [3.05, 3.63) is 102 Å². The molecule has 0 aliphatic carbocycles. The van der Waals surface area contributed by atoms with Crippen molar-refractivity contribution in [1.29, 1.82) is 0 Å². The molecule has 3 aromatic rings. The first kappa shape index (κ1) is 15.7. The number of anilines is 1. The number of nitrogens with one attached hydrogen (secondary N) is 1. The molecular weight excluding hydrogens is 301 g/mol. The van der Waals surface area contributed by atoms with Crippen molar-refractivity contribution in [3.63, 3.8) is 0 Å². The van der Waals surface area contributed by atoms with E-state index in [2.05, 4.69) is 5.32 Å². The number of carbonyl (C=O) groups is 1. The summed E-state index contributed by atoms with van der Waals surface area (Å²) in [6.07, 6.45) is 1.82. The lowest BCUT2D eigenvalue weighted by atomic mass is 10.0. The largest absolute Gasteiger partial charge is 0.322 e. The summed E-state index contributed by atoms with van der Waals surface area (Å²) in [6, 6.07) is 24.9. The first-order chi connectivity index (χ1) is 11.7. The first-order valence-electron chi connectivity index (χ1n) is 7.61. The number of benzene rings is 3. The van der Waals surface area contributed by atoms with Crippen LogP contribution in [-0.2, 0) is 4.79 Å². The minimum atomic E-state index is -0.388. The molecule has 0 atom stereocenters. The summed E-state index contributed by atoms with van der Waals surface area (Å²) < 4.78 is 13.3. The van der Waals surface area contributed by atoms with Crippen LogP contribution in [0.5, 0.6) is 0 Å². The van der Waals surface area contributed by atoms with E-state index >= 15 is 0 Å². The topological polar surface area (TPSA) is 29.1 Å². The molecule has 118 valence electrons. The van der Waals surface area contributed by atoms with E-state index in [1.54, 1.807) is 12.1 Å². The average Bonchev–Trinajstić information content (AvgIpc) is 2.61. The predicted octanol–water partition coefficient (Wildman–Crippen LogP) is 5.01. The van der Waals surface area contributed by atoms with Crippen LogP contribution in [0.25, 0.3) is 11.6 Å². The first-order valence-corrected chi connectivity index (χ1v) is 7.61. The van der Waals surface area contributed by atoms with Gasteiger partial charge in [-0.2, -0.15) is 0 Å². The molecule has 0 bridgehead atoms. The predicted molar refractivity (Wildman–Crippen MR) is 95.8 cm³/mol. The number of hydrogen-bond acceptors (Lipinski definition) is 1. The highest BCUT2D eigenvalue weighted by molar-refractivity contribution is 6.29. The van der Waals surface area contributed by atoms with Crippen molar-refractivity contribution in [2.24, 2.45) is 0 Å². The number of amides is 1. The standard InChI is InChI=1S/C21H16FNO/c22-18-12-7-13-19(15-18)23-21(24)20(17-10-5-2-6-11-17)14-16-8-3-1-4-9-16/h1-15H,(H,23,24). The third kappa shape index (κ3) is 3.96. The van der Waals surface area contributed by atoms with E-state index in [1.165, 1.54) is 12.1 Å². The Bertz CT molecular complexity index is 857. The van der Waals surface area contributed by atoms with Gasteiger partial charge in [0.25, 0.3) is 5.91 Å². The second kappa shape index (κ2) is 7.38. The van der Waals surface area contributed by atoms with Crippen LogP contribution in [0.4, 0.5) is 10.1 Å². The molecule has 0 spiro atoms. The van der Waals surface area contributed by atoms with Crippen LogP contribution in [0, 0.1) is 5.82 Å². The molecule has 0 radical (unpaired) electrons. The number of hydrogen-bond donors (Lipinski definition) is 1. The van der Waals surface area contributed by atoms with Gasteiger partial charge in [-0.3, -0.25) is 4.79 Å². The van der Waals surface area contributed by atoms with E-state index in [9.17, 15) is 9.18 Å². The molecular formula is C21H16FNO. The fourth-order valence-corrected chi connectivity index (χ4v) is 2.38. The van der Waals surface area contributed by atoms with E-state index in [0.29, 0.717) is 11.3 Å². The lowest BCUT2D eigenvalue weighted by Crippen LogP contribution is -2.13. The van der Waals surface area contributed by atoms with E-state index in [0.717, 1.165) is 11.1 Å². The van der Waals surface area contributed by atoms with Crippen LogP contribution in [0.2, 0.25) is 0 Å². The minimum Gasteiger partial charge on any atom is -0.322 e. The normalized spacial score (nSPS) is 11.1. The fraction of sp³-hybridized carbons (Fsp3) is 0. The van der Waals surface area contributed by atoms with Gasteiger partial charge in [0.1, 0.15) is 5.82 Å². The van der Waals surface area contributed by atoms with E-state index in [4.69, 9.17) is 0 Å². The summed E-state index contributed by atoms with van der Waals surface area (Å²) in [7, 11) is 0. The van der Waals surface area contributed by atoms with Crippen molar-refractivity contribution in [2.45, 2.75) is 0 Å². The van der Waals surface area contributed by atoms with Crippen molar-refractivity contribution >= 4 is 23.2 Å². The van der Waals surface area contributed by atoms with E-state index in [1.807, 2.05) is 66.7 Å². The Morgan fingerprint density at radius 1 is 0.833 bits per heavy atom. The van der Waals surface area contributed by atoms with Crippen LogP contribution in [0.15, 0.2) is 84.9 Å². The van der Waals surface area contributed by atoms with E-state index in [-0.39, 0.29) is 11.7 Å². The van der Waals surface area contributed by atoms with Gasteiger partial charge < -0.3 is 5.32 Å². The molecule has 3 rings (SSSR count). The highest BCUT2D eigenvalue weighted by Crippen LogP contribution is 2.21. The highest BCUT2D eigenvalue weighted by atomic mass is 19.1. The van der Waals surface area contributed by atoms with Gasteiger partial charge in [-0.05, 0) is 35.4 Å². The summed E-state index contributed by atoms with van der Waals surface area (Å²) in [5.41, 5.74) is 2.67. The van der Waals surface area contributed by atoms with Gasteiger partial charge >= 0.3 is 0 Å². The number of carbonyl (C=O) groups excluding carboxylic acids is 1. The summed E-state index contributed by atoms with van der Waals surface area (Å²) in [4.78, 5) is 12.7. The van der Waals surface area contributed by atoms with Crippen molar-refractivity contribution < 1.29 is 9.18 Å². The molecule has 1 amide bonds. The SMILES string of the molecule is O=C(Nc1cccc(F)c1)C(=Cc1ccccc1)c1ccccc1. The number of rotatable bonds is 4. The highest BCUT2D eigenvalue weighted by Gasteiger charge is 2.12. The Balaban J connectivity index is 1.95. The van der Waals surface area contributed by atoms with Crippen LogP contribution < -0.4 is 5.32 Å². The maximum atomic E-state index is 13.3. The summed E-state index contributed by atoms with van der Waals surface area (Å²) in [5, 5.41) is 2.75. The van der Waals surface area contributed by atoms with Gasteiger partial charge in [-0.1, -0.05) is 66.7 Å². The molecule has 0 aliphatic heterocycles. The Morgan fingerprint density at radius 3 is 2.17 bits per heavy atom. The quantitative estimate of drug-likeness (QED) is 0.532. The summed E-state index contributed by atoms with van der Waals surface area (Å²) in [5.74, 6) is -0.670. The summed E-state index contributed by atoms with van der Waals surface area (Å²) >= 11 is 0. The van der Waals surface area contributed by atoms with Gasteiger partial charge in [0.05, 0.1) is 0 Å². The van der Waals surface area contributed by atoms with E-state index < -0.39 is 0 Å². The second-order valence-electron chi connectivity index (χ2n) is 5.30. The van der Waals surface area contributed by atoms with Crippen molar-refractivity contribution in [2.75, 3.05) is 5.32 Å². The third-order valence-corrected chi connectivity index (χ3v) is 3.52. The zero-order valence-electron chi connectivity index (χ0n) is 12.9. The lowest BCUT2D eigenvalue weighted by Gasteiger charge is -2.10. The van der Waals surface area contributed by atoms with Crippen LogP contribution in [0.1, 0.15) is 11.1 Å². The molecule has 24 heavy (non-hydrogen) atoms. The minimum absolute atomic E-state index is 0.282. The molecule has 0 aliphatic rings. The molecule has 3 heteroatoms. The fourth-order valence-electron chi connectivity index (χ4n) is 2.38. The van der Waals surface area contributed by atoms with Crippen molar-refractivity contribution in [3.8, 4) is 0 Å². The lowest BCUT2D eigenvalue weighted by molar-refractivity contribution is -0.111. The molecule has 2 nitrogen and oxygen atoms in total. The molecule has 1 N–H and O–H groups in total. The maximum absolute atomic E-state index is 13.3. The third-order valence-electron chi connectivity index (χ3n) is 3.52. The zero-order chi connectivity index (χ0) is 16.8. The van der Waals surface area contributed by atoms with Crippen LogP contribution >= 0.6 is 0 Å². The maximum Gasteiger partial charge on any atom is 0.256 e. The smallest absolute Gasteiger partial charge is 0.256 e. The Kier molecular flexibility index (Phi) is 4.82. The second-order valence-corrected chi connectivity index (χ2v) is 5.30. The van der Waals surface area contributed by atoms with Gasteiger partial charge in [-0.25, -0.2) is 4.39 Å². The molecule has 0 fully saturated rings. The van der Waals surface area contributed by atoms with Gasteiger partial charge in [0, 0.05) is 11.3 Å². The Labute approximate surface area is 140 Å². The monoisotopic (exact) mass is 317 g/mol. The zero-order valence-corrected chi connectivity index (χ0v) is 12.9. The van der Waals surface area contributed by atoms with Gasteiger partial charge in [0.2, 0.25) is 0 Å². The molecule has 0 saturated heterocycles. The molecule has 0 aromatic heterocycles.